The zero-order valence-corrected chi connectivity index (χ0v) is 17.4. The van der Waals surface area contributed by atoms with Crippen molar-refractivity contribution in [3.8, 4) is 0 Å². The predicted molar refractivity (Wildman–Crippen MR) is 107 cm³/mol. The molecule has 0 heterocycles. The molecule has 3 N–H and O–H groups in total. The van der Waals surface area contributed by atoms with Crippen molar-refractivity contribution in [3.63, 3.8) is 0 Å². The summed E-state index contributed by atoms with van der Waals surface area (Å²) in [6.07, 6.45) is 0. The van der Waals surface area contributed by atoms with Gasteiger partial charge in [0, 0.05) is 6.54 Å². The van der Waals surface area contributed by atoms with Gasteiger partial charge in [-0.3, -0.25) is 9.59 Å². The van der Waals surface area contributed by atoms with Crippen molar-refractivity contribution in [2.24, 2.45) is 17.3 Å². The van der Waals surface area contributed by atoms with E-state index in [9.17, 15) is 9.59 Å². The van der Waals surface area contributed by atoms with Crippen molar-refractivity contribution in [1.82, 2.24) is 15.5 Å². The molecule has 0 radical (unpaired) electrons. The third-order valence-electron chi connectivity index (χ3n) is 5.43. The Balaban J connectivity index is 2.93. The number of rotatable bonds is 9. The molecule has 1 rings (SSSR count). The quantitative estimate of drug-likeness (QED) is 0.574. The molecule has 0 aliphatic heterocycles. The number of benzene rings is 1. The molecule has 1 aromatic carbocycles. The topological polar surface area (TPSA) is 70.2 Å². The molecule has 0 saturated heterocycles. The minimum Gasteiger partial charge on any atom is -0.353 e. The number of hydrogen-bond donors (Lipinski definition) is 3. The van der Waals surface area contributed by atoms with Crippen LogP contribution in [0.15, 0.2) is 30.3 Å². The summed E-state index contributed by atoms with van der Waals surface area (Å²) >= 11 is 5.55. The fourth-order valence-electron chi connectivity index (χ4n) is 2.86. The van der Waals surface area contributed by atoms with E-state index in [4.69, 9.17) is 11.8 Å². The summed E-state index contributed by atoms with van der Waals surface area (Å²) in [5.74, 6) is 0.181. The van der Waals surface area contributed by atoms with Crippen molar-refractivity contribution in [2.45, 2.75) is 53.6 Å². The summed E-state index contributed by atoms with van der Waals surface area (Å²) in [5, 5.41) is 5.99. The first-order chi connectivity index (χ1) is 12.1. The maximum absolute atomic E-state index is 12.9. The molecular weight excluding hydrogens is 350 g/mol. The Bertz CT molecular complexity index is 582. The first kappa shape index (κ1) is 22.5. The summed E-state index contributed by atoms with van der Waals surface area (Å²) in [7, 11) is 0. The first-order valence-electron chi connectivity index (χ1n) is 9.14. The van der Waals surface area contributed by atoms with Gasteiger partial charge >= 0.3 is 0 Å². The van der Waals surface area contributed by atoms with Crippen LogP contribution in [-0.2, 0) is 9.59 Å². The minimum absolute atomic E-state index is 0.00111. The van der Waals surface area contributed by atoms with E-state index in [0.29, 0.717) is 6.54 Å². The average Bonchev–Trinajstić information content (AvgIpc) is 2.63. The van der Waals surface area contributed by atoms with Crippen LogP contribution in [0.3, 0.4) is 0 Å². The number of hydrogen-bond acceptors (Lipinski definition) is 3. The lowest BCUT2D eigenvalue weighted by atomic mass is 9.70. The van der Waals surface area contributed by atoms with Gasteiger partial charge in [0.05, 0.1) is 17.5 Å². The largest absolute Gasteiger partial charge is 0.353 e. The average molecular weight is 382 g/mol. The molecule has 0 saturated carbocycles. The van der Waals surface area contributed by atoms with Gasteiger partial charge in [-0.25, -0.2) is 4.84 Å². The van der Waals surface area contributed by atoms with Crippen LogP contribution in [0.4, 0.5) is 0 Å². The Hall–Kier alpha value is -1.59. The molecule has 0 fully saturated rings. The highest BCUT2D eigenvalue weighted by molar-refractivity contribution is 6.15. The van der Waals surface area contributed by atoms with Crippen LogP contribution in [0.1, 0.15) is 53.1 Å². The van der Waals surface area contributed by atoms with E-state index < -0.39 is 11.5 Å². The van der Waals surface area contributed by atoms with Crippen LogP contribution >= 0.6 is 11.8 Å². The number of amides is 2. The lowest BCUT2D eigenvalue weighted by molar-refractivity contribution is -0.136. The molecule has 146 valence electrons. The highest BCUT2D eigenvalue weighted by Crippen LogP contribution is 2.35. The third-order valence-corrected chi connectivity index (χ3v) is 5.76. The molecule has 1 aromatic rings. The van der Waals surface area contributed by atoms with E-state index >= 15 is 0 Å². The van der Waals surface area contributed by atoms with Gasteiger partial charge in [0.1, 0.15) is 0 Å². The van der Waals surface area contributed by atoms with Gasteiger partial charge in [-0.05, 0) is 36.1 Å². The second-order valence-electron chi connectivity index (χ2n) is 7.60. The molecule has 2 atom stereocenters. The van der Waals surface area contributed by atoms with Crippen molar-refractivity contribution in [1.29, 1.82) is 0 Å². The first-order valence-corrected chi connectivity index (χ1v) is 9.52. The van der Waals surface area contributed by atoms with Crippen LogP contribution in [0.2, 0.25) is 0 Å². The molecule has 5 nitrogen and oxygen atoms in total. The van der Waals surface area contributed by atoms with Gasteiger partial charge in [-0.2, -0.15) is 0 Å². The van der Waals surface area contributed by atoms with E-state index in [1.807, 2.05) is 37.3 Å². The van der Waals surface area contributed by atoms with E-state index in [0.717, 1.165) is 5.56 Å². The van der Waals surface area contributed by atoms with E-state index in [1.165, 1.54) is 0 Å². The Morgan fingerprint density at radius 3 is 2.04 bits per heavy atom. The van der Waals surface area contributed by atoms with Crippen molar-refractivity contribution < 1.29 is 9.59 Å². The maximum Gasteiger partial charge on any atom is 0.238 e. The highest BCUT2D eigenvalue weighted by Gasteiger charge is 2.39. The lowest BCUT2D eigenvalue weighted by Gasteiger charge is -2.36. The van der Waals surface area contributed by atoms with Crippen LogP contribution in [0.5, 0.6) is 0 Å². The Kier molecular flexibility index (Phi) is 8.57. The summed E-state index contributed by atoms with van der Waals surface area (Å²) in [6.45, 7) is 12.2. The highest BCUT2D eigenvalue weighted by atomic mass is 35.5. The van der Waals surface area contributed by atoms with Crippen molar-refractivity contribution in [3.05, 3.63) is 35.9 Å². The fraction of sp³-hybridized carbons (Fsp3) is 0.600. The molecule has 0 unspecified atom stereocenters. The summed E-state index contributed by atoms with van der Waals surface area (Å²) in [6, 6.07) is 8.73. The predicted octanol–water partition coefficient (Wildman–Crippen LogP) is 3.41. The second kappa shape index (κ2) is 9.93. The van der Waals surface area contributed by atoms with Crippen molar-refractivity contribution >= 4 is 23.6 Å². The number of carbonyl (C=O) groups excluding carboxylic acids is 2. The maximum atomic E-state index is 12.9. The van der Waals surface area contributed by atoms with Crippen molar-refractivity contribution in [2.75, 3.05) is 6.54 Å². The van der Waals surface area contributed by atoms with E-state index in [2.05, 4.69) is 43.2 Å². The molecule has 2 amide bonds. The molecule has 0 aromatic heterocycles. The zero-order chi connectivity index (χ0) is 19.9. The lowest BCUT2D eigenvalue weighted by Crippen LogP contribution is -2.49. The SMILES string of the molecule is CC(C)C(C)(C(=O)NC[C@@H](NC(=O)[C@@H](C)NCl)c1ccccc1)C(C)C. The second-order valence-corrected chi connectivity index (χ2v) is 7.82. The zero-order valence-electron chi connectivity index (χ0n) is 16.6. The van der Waals surface area contributed by atoms with E-state index in [1.54, 1.807) is 6.92 Å². The molecule has 0 aliphatic rings. The van der Waals surface area contributed by atoms with Gasteiger partial charge in [0.15, 0.2) is 0 Å². The summed E-state index contributed by atoms with van der Waals surface area (Å²) in [5.41, 5.74) is 0.453. The Morgan fingerprint density at radius 2 is 1.58 bits per heavy atom. The molecule has 0 aliphatic carbocycles. The molecule has 26 heavy (non-hydrogen) atoms. The molecular formula is C20H32ClN3O2. The van der Waals surface area contributed by atoms with E-state index in [-0.39, 0.29) is 29.7 Å². The molecule has 0 spiro atoms. The smallest absolute Gasteiger partial charge is 0.238 e. The van der Waals surface area contributed by atoms with Crippen LogP contribution < -0.4 is 15.5 Å². The van der Waals surface area contributed by atoms with Gasteiger partial charge in [-0.15, -0.1) is 0 Å². The van der Waals surface area contributed by atoms with Gasteiger partial charge < -0.3 is 10.6 Å². The standard InChI is InChI=1S/C20H32ClN3O2/c1-13(2)20(6,14(3)4)19(26)22-12-17(16-10-8-7-9-11-16)23-18(25)15(5)24-21/h7-11,13-15,17,24H,12H2,1-6H3,(H,22,26)(H,23,25)/t15-,17-/m1/s1. The monoisotopic (exact) mass is 381 g/mol. The molecule has 0 bridgehead atoms. The van der Waals surface area contributed by atoms with Crippen LogP contribution in [0.25, 0.3) is 0 Å². The van der Waals surface area contributed by atoms with Gasteiger partial charge in [0.25, 0.3) is 0 Å². The Morgan fingerprint density at radius 1 is 1.04 bits per heavy atom. The van der Waals surface area contributed by atoms with Gasteiger partial charge in [-0.1, -0.05) is 65.0 Å². The Labute approximate surface area is 162 Å². The van der Waals surface area contributed by atoms with Gasteiger partial charge in [0.2, 0.25) is 11.8 Å². The number of halogens is 1. The normalized spacial score (nSPS) is 14.2. The van der Waals surface area contributed by atoms with Crippen LogP contribution in [0, 0.1) is 17.3 Å². The number of carbonyl (C=O) groups is 2. The molecule has 6 heteroatoms. The summed E-state index contributed by atoms with van der Waals surface area (Å²) < 4.78 is 0. The minimum atomic E-state index is -0.532. The summed E-state index contributed by atoms with van der Waals surface area (Å²) in [4.78, 5) is 27.6. The fourth-order valence-corrected chi connectivity index (χ4v) is 2.96. The van der Waals surface area contributed by atoms with Crippen LogP contribution in [-0.4, -0.2) is 24.4 Å². The third kappa shape index (κ3) is 5.45. The number of nitrogens with one attached hydrogen (secondary N) is 3.